The molecule has 16 heavy (non-hydrogen) atoms. The molecule has 0 aromatic carbocycles. The normalized spacial score (nSPS) is 10.5. The minimum Gasteiger partial charge on any atom is -0.461 e. The Hall–Kier alpha value is -1.15. The average molecular weight is 310 g/mol. The molecule has 0 aliphatic carbocycles. The van der Waals surface area contributed by atoms with E-state index in [2.05, 4.69) is 15.0 Å². The smallest absolute Gasteiger partial charge is 0.362 e. The van der Waals surface area contributed by atoms with Crippen LogP contribution in [0.15, 0.2) is 10.5 Å². The molecule has 1 rings (SSSR count). The Labute approximate surface area is 107 Å². The Kier molecular flexibility index (Phi) is 6.66. The van der Waals surface area contributed by atoms with Crippen LogP contribution in [0, 0.1) is 0 Å². The van der Waals surface area contributed by atoms with Gasteiger partial charge in [0.1, 0.15) is 12.8 Å². The minimum atomic E-state index is -0.579. The Morgan fingerprint density at radius 1 is 1.69 bits per heavy atom. The number of hydrogen-bond acceptors (Lipinski definition) is 7. The van der Waals surface area contributed by atoms with E-state index in [4.69, 9.17) is 10.5 Å². The van der Waals surface area contributed by atoms with Crippen LogP contribution in [0.5, 0.6) is 0 Å². The SMILES string of the molecule is Br.CCOC(=O)/C(=N/OC)c1csc(N)n1. The van der Waals surface area contributed by atoms with Crippen LogP contribution in [-0.4, -0.2) is 30.4 Å². The molecule has 0 bridgehead atoms. The molecule has 0 fully saturated rings. The molecule has 0 radical (unpaired) electrons. The van der Waals surface area contributed by atoms with Crippen LogP contribution in [0.1, 0.15) is 12.6 Å². The number of halogens is 1. The number of thiazole rings is 1. The summed E-state index contributed by atoms with van der Waals surface area (Å²) in [5.41, 5.74) is 5.83. The van der Waals surface area contributed by atoms with Crippen LogP contribution in [-0.2, 0) is 14.4 Å². The first-order valence-electron chi connectivity index (χ1n) is 4.18. The van der Waals surface area contributed by atoms with E-state index in [1.807, 2.05) is 0 Å². The van der Waals surface area contributed by atoms with Gasteiger partial charge in [0.2, 0.25) is 5.71 Å². The molecule has 0 unspecified atom stereocenters. The van der Waals surface area contributed by atoms with Crippen molar-refractivity contribution in [3.63, 3.8) is 0 Å². The van der Waals surface area contributed by atoms with Gasteiger partial charge in [-0.15, -0.1) is 28.3 Å². The summed E-state index contributed by atoms with van der Waals surface area (Å²) in [5.74, 6) is -0.579. The van der Waals surface area contributed by atoms with Gasteiger partial charge in [0.25, 0.3) is 0 Å². The summed E-state index contributed by atoms with van der Waals surface area (Å²) in [7, 11) is 1.34. The number of ether oxygens (including phenoxy) is 1. The fourth-order valence-corrected chi connectivity index (χ4v) is 1.42. The summed E-state index contributed by atoms with van der Waals surface area (Å²) in [6.07, 6.45) is 0. The minimum absolute atomic E-state index is 0. The third-order valence-electron chi connectivity index (χ3n) is 1.42. The molecular formula is C8H12BrN3O3S. The molecule has 1 aromatic heterocycles. The number of carbonyl (C=O) groups excluding carboxylic acids is 1. The highest BCUT2D eigenvalue weighted by atomic mass is 79.9. The van der Waals surface area contributed by atoms with Crippen LogP contribution in [0.3, 0.4) is 0 Å². The molecule has 0 aliphatic heterocycles. The Balaban J connectivity index is 0.00000225. The van der Waals surface area contributed by atoms with E-state index in [0.29, 0.717) is 10.8 Å². The predicted octanol–water partition coefficient (Wildman–Crippen LogP) is 1.22. The quantitative estimate of drug-likeness (QED) is 0.513. The molecule has 6 nitrogen and oxygen atoms in total. The molecule has 2 N–H and O–H groups in total. The molecule has 0 saturated heterocycles. The number of oxime groups is 1. The second kappa shape index (κ2) is 7.18. The van der Waals surface area contributed by atoms with Crippen LogP contribution in [0.4, 0.5) is 5.13 Å². The number of carbonyl (C=O) groups is 1. The largest absolute Gasteiger partial charge is 0.461 e. The fraction of sp³-hybridized carbons (Fsp3) is 0.375. The van der Waals surface area contributed by atoms with Crippen molar-refractivity contribution in [3.8, 4) is 0 Å². The van der Waals surface area contributed by atoms with Crippen molar-refractivity contribution in [2.75, 3.05) is 19.5 Å². The molecule has 90 valence electrons. The van der Waals surface area contributed by atoms with Crippen molar-refractivity contribution in [3.05, 3.63) is 11.1 Å². The van der Waals surface area contributed by atoms with Gasteiger partial charge in [-0.1, -0.05) is 5.16 Å². The Morgan fingerprint density at radius 2 is 2.38 bits per heavy atom. The first-order valence-corrected chi connectivity index (χ1v) is 5.06. The lowest BCUT2D eigenvalue weighted by Gasteiger charge is -2.01. The number of aromatic nitrogens is 1. The number of rotatable bonds is 4. The van der Waals surface area contributed by atoms with Gasteiger partial charge in [-0.25, -0.2) is 9.78 Å². The number of nitrogen functional groups attached to an aromatic ring is 1. The van der Waals surface area contributed by atoms with Gasteiger partial charge < -0.3 is 15.3 Å². The number of esters is 1. The van der Waals surface area contributed by atoms with E-state index in [0.717, 1.165) is 0 Å². The molecule has 8 heteroatoms. The average Bonchev–Trinajstić information content (AvgIpc) is 2.61. The molecule has 0 atom stereocenters. The van der Waals surface area contributed by atoms with Gasteiger partial charge in [-0.2, -0.15) is 0 Å². The van der Waals surface area contributed by atoms with Crippen molar-refractivity contribution in [2.45, 2.75) is 6.92 Å². The van der Waals surface area contributed by atoms with Gasteiger partial charge >= 0.3 is 5.97 Å². The van der Waals surface area contributed by atoms with Gasteiger partial charge in [0.05, 0.1) is 6.61 Å². The lowest BCUT2D eigenvalue weighted by Crippen LogP contribution is -2.19. The highest BCUT2D eigenvalue weighted by molar-refractivity contribution is 8.93. The second-order valence-electron chi connectivity index (χ2n) is 2.41. The van der Waals surface area contributed by atoms with E-state index in [1.54, 1.807) is 12.3 Å². The molecule has 0 amide bonds. The van der Waals surface area contributed by atoms with Crippen LogP contribution in [0.25, 0.3) is 0 Å². The third-order valence-corrected chi connectivity index (χ3v) is 2.09. The van der Waals surface area contributed by atoms with Crippen LogP contribution >= 0.6 is 28.3 Å². The first-order chi connectivity index (χ1) is 7.19. The Bertz CT molecular complexity index is 380. The highest BCUT2D eigenvalue weighted by Crippen LogP contribution is 2.12. The van der Waals surface area contributed by atoms with Crippen molar-refractivity contribution in [2.24, 2.45) is 5.16 Å². The van der Waals surface area contributed by atoms with Crippen molar-refractivity contribution in [1.29, 1.82) is 0 Å². The number of hydrogen-bond donors (Lipinski definition) is 1. The highest BCUT2D eigenvalue weighted by Gasteiger charge is 2.19. The molecule has 0 saturated carbocycles. The third kappa shape index (κ3) is 3.78. The summed E-state index contributed by atoms with van der Waals surface area (Å²) >= 11 is 1.22. The Morgan fingerprint density at radius 3 is 2.81 bits per heavy atom. The van der Waals surface area contributed by atoms with Gasteiger partial charge in [-0.3, -0.25) is 0 Å². The maximum Gasteiger partial charge on any atom is 0.362 e. The summed E-state index contributed by atoms with van der Waals surface area (Å²) in [5, 5.41) is 5.53. The van der Waals surface area contributed by atoms with Crippen LogP contribution in [0.2, 0.25) is 0 Å². The number of nitrogens with zero attached hydrogens (tertiary/aromatic N) is 2. The zero-order valence-corrected chi connectivity index (χ0v) is 11.3. The topological polar surface area (TPSA) is 86.8 Å². The summed E-state index contributed by atoms with van der Waals surface area (Å²) in [6, 6.07) is 0. The first kappa shape index (κ1) is 14.8. The summed E-state index contributed by atoms with van der Waals surface area (Å²) in [6.45, 7) is 1.97. The van der Waals surface area contributed by atoms with Gasteiger partial charge in [0.15, 0.2) is 5.13 Å². The van der Waals surface area contributed by atoms with E-state index in [9.17, 15) is 4.79 Å². The van der Waals surface area contributed by atoms with Crippen molar-refractivity contribution in [1.82, 2.24) is 4.98 Å². The molecule has 1 heterocycles. The lowest BCUT2D eigenvalue weighted by atomic mass is 10.3. The van der Waals surface area contributed by atoms with Gasteiger partial charge in [0, 0.05) is 5.38 Å². The number of anilines is 1. The monoisotopic (exact) mass is 309 g/mol. The predicted molar refractivity (Wildman–Crippen MR) is 67.0 cm³/mol. The zero-order chi connectivity index (χ0) is 11.3. The second-order valence-corrected chi connectivity index (χ2v) is 3.30. The van der Waals surface area contributed by atoms with Crippen LogP contribution < -0.4 is 5.73 Å². The van der Waals surface area contributed by atoms with E-state index < -0.39 is 5.97 Å². The maximum absolute atomic E-state index is 11.4. The van der Waals surface area contributed by atoms with Crippen molar-refractivity contribution >= 4 is 45.1 Å². The van der Waals surface area contributed by atoms with E-state index in [-0.39, 0.29) is 29.3 Å². The van der Waals surface area contributed by atoms with E-state index in [1.165, 1.54) is 18.4 Å². The summed E-state index contributed by atoms with van der Waals surface area (Å²) in [4.78, 5) is 19.9. The van der Waals surface area contributed by atoms with Crippen molar-refractivity contribution < 1.29 is 14.4 Å². The van der Waals surface area contributed by atoms with Gasteiger partial charge in [-0.05, 0) is 6.92 Å². The molecule has 1 aromatic rings. The van der Waals surface area contributed by atoms with E-state index >= 15 is 0 Å². The molecular weight excluding hydrogens is 298 g/mol. The standard InChI is InChI=1S/C8H11N3O3S.BrH/c1-3-14-7(12)6(11-13-2)5-4-15-8(9)10-5;/h4H,3H2,1-2H3,(H2,9,10);1H/b11-6+;. The maximum atomic E-state index is 11.4. The number of nitrogens with two attached hydrogens (primary N) is 1. The fourth-order valence-electron chi connectivity index (χ4n) is 0.876. The zero-order valence-electron chi connectivity index (χ0n) is 8.80. The molecule has 0 aliphatic rings. The summed E-state index contributed by atoms with van der Waals surface area (Å²) < 4.78 is 4.79. The lowest BCUT2D eigenvalue weighted by molar-refractivity contribution is -0.135. The molecule has 0 spiro atoms.